The molecule has 0 saturated carbocycles. The molecule has 0 aliphatic carbocycles. The Kier molecular flexibility index (Phi) is 8.21. The quantitative estimate of drug-likeness (QED) is 0.420. The molecule has 0 bridgehead atoms. The summed E-state index contributed by atoms with van der Waals surface area (Å²) in [6.45, 7) is -0.575. The Morgan fingerprint density at radius 1 is 1.35 bits per heavy atom. The number of aliphatic hydroxyl groups is 1. The number of esters is 1. The number of carbonyl (C=O) groups excluding carboxylic acids is 1. The molecule has 3 N–H and O–H groups in total. The SMILES string of the molecule is Cl.NCC(=O)OCC(O)COc1ccc([N+](=O)[O-])cc1. The molecule has 0 aliphatic rings. The van der Waals surface area contributed by atoms with Gasteiger partial charge in [-0.3, -0.25) is 14.9 Å². The predicted octanol–water partition coefficient (Wildman–Crippen LogP) is 0.258. The van der Waals surface area contributed by atoms with Crippen molar-refractivity contribution in [2.75, 3.05) is 19.8 Å². The maximum atomic E-state index is 10.7. The highest BCUT2D eigenvalue weighted by molar-refractivity contribution is 5.85. The maximum Gasteiger partial charge on any atom is 0.319 e. The average molecular weight is 307 g/mol. The summed E-state index contributed by atoms with van der Waals surface area (Å²) in [5.74, 6) is -0.246. The molecule has 0 heterocycles. The van der Waals surface area contributed by atoms with Gasteiger partial charge < -0.3 is 20.3 Å². The van der Waals surface area contributed by atoms with E-state index in [-0.39, 0.29) is 37.9 Å². The lowest BCUT2D eigenvalue weighted by molar-refractivity contribution is -0.384. The first-order valence-electron chi connectivity index (χ1n) is 5.44. The van der Waals surface area contributed by atoms with E-state index in [9.17, 15) is 20.0 Å². The molecule has 1 unspecified atom stereocenters. The van der Waals surface area contributed by atoms with E-state index in [1.165, 1.54) is 24.3 Å². The Labute approximate surface area is 121 Å². The number of aliphatic hydroxyl groups excluding tert-OH is 1. The second-order valence-electron chi connectivity index (χ2n) is 3.60. The van der Waals surface area contributed by atoms with Gasteiger partial charge in [0.1, 0.15) is 25.1 Å². The molecule has 20 heavy (non-hydrogen) atoms. The van der Waals surface area contributed by atoms with Gasteiger partial charge in [0.25, 0.3) is 5.69 Å². The largest absolute Gasteiger partial charge is 0.491 e. The molecular weight excluding hydrogens is 292 g/mol. The molecule has 1 rings (SSSR count). The molecule has 0 amide bonds. The topological polar surface area (TPSA) is 125 Å². The third kappa shape index (κ3) is 6.32. The lowest BCUT2D eigenvalue weighted by atomic mass is 10.3. The third-order valence-electron chi connectivity index (χ3n) is 2.09. The van der Waals surface area contributed by atoms with Gasteiger partial charge in [-0.25, -0.2) is 0 Å². The third-order valence-corrected chi connectivity index (χ3v) is 2.09. The number of nitro groups is 1. The maximum absolute atomic E-state index is 10.7. The highest BCUT2D eigenvalue weighted by Crippen LogP contribution is 2.17. The van der Waals surface area contributed by atoms with Gasteiger partial charge >= 0.3 is 5.97 Å². The van der Waals surface area contributed by atoms with E-state index < -0.39 is 17.0 Å². The Hall–Kier alpha value is -1.90. The Morgan fingerprint density at radius 3 is 2.45 bits per heavy atom. The fraction of sp³-hybridized carbons (Fsp3) is 0.364. The molecule has 0 spiro atoms. The van der Waals surface area contributed by atoms with Gasteiger partial charge in [-0.15, -0.1) is 12.4 Å². The Morgan fingerprint density at radius 2 is 1.95 bits per heavy atom. The summed E-state index contributed by atoms with van der Waals surface area (Å²) in [6, 6.07) is 5.40. The fourth-order valence-corrected chi connectivity index (χ4v) is 1.15. The second kappa shape index (κ2) is 9.08. The number of hydrogen-bond acceptors (Lipinski definition) is 7. The van der Waals surface area contributed by atoms with Crippen LogP contribution in [0.3, 0.4) is 0 Å². The molecule has 0 fully saturated rings. The number of hydrogen-bond donors (Lipinski definition) is 2. The molecule has 0 saturated heterocycles. The monoisotopic (exact) mass is 306 g/mol. The molecule has 1 aromatic carbocycles. The van der Waals surface area contributed by atoms with Crippen LogP contribution in [-0.2, 0) is 9.53 Å². The van der Waals surface area contributed by atoms with Crippen LogP contribution in [0.15, 0.2) is 24.3 Å². The molecule has 8 nitrogen and oxygen atoms in total. The van der Waals surface area contributed by atoms with E-state index in [4.69, 9.17) is 10.5 Å². The number of non-ortho nitro benzene ring substituents is 1. The van der Waals surface area contributed by atoms with E-state index in [2.05, 4.69) is 4.74 Å². The summed E-state index contributed by atoms with van der Waals surface area (Å²) < 4.78 is 9.78. The van der Waals surface area contributed by atoms with E-state index in [0.29, 0.717) is 5.75 Å². The van der Waals surface area contributed by atoms with Crippen LogP contribution in [-0.4, -0.2) is 41.9 Å². The van der Waals surface area contributed by atoms with Gasteiger partial charge in [-0.05, 0) is 12.1 Å². The molecule has 0 radical (unpaired) electrons. The number of nitrogens with zero attached hydrogens (tertiary/aromatic N) is 1. The number of carbonyl (C=O) groups is 1. The van der Waals surface area contributed by atoms with Crippen molar-refractivity contribution >= 4 is 24.1 Å². The molecule has 112 valence electrons. The van der Waals surface area contributed by atoms with Gasteiger partial charge in [-0.1, -0.05) is 0 Å². The zero-order valence-electron chi connectivity index (χ0n) is 10.4. The van der Waals surface area contributed by atoms with E-state index in [1.54, 1.807) is 0 Å². The van der Waals surface area contributed by atoms with Crippen molar-refractivity contribution in [2.45, 2.75) is 6.10 Å². The normalized spacial score (nSPS) is 11.1. The van der Waals surface area contributed by atoms with Gasteiger partial charge in [-0.2, -0.15) is 0 Å². The number of benzene rings is 1. The van der Waals surface area contributed by atoms with Crippen molar-refractivity contribution < 1.29 is 24.3 Å². The zero-order valence-corrected chi connectivity index (χ0v) is 11.2. The van der Waals surface area contributed by atoms with E-state index in [0.717, 1.165) is 0 Å². The molecule has 0 aliphatic heterocycles. The van der Waals surface area contributed by atoms with Gasteiger partial charge in [0.2, 0.25) is 0 Å². The van der Waals surface area contributed by atoms with Crippen molar-refractivity contribution in [1.29, 1.82) is 0 Å². The fourth-order valence-electron chi connectivity index (χ4n) is 1.15. The van der Waals surface area contributed by atoms with Crippen molar-refractivity contribution in [3.63, 3.8) is 0 Å². The minimum absolute atomic E-state index is 0. The molecule has 1 atom stereocenters. The number of nitro benzene ring substituents is 1. The van der Waals surface area contributed by atoms with Crippen molar-refractivity contribution in [3.8, 4) is 5.75 Å². The standard InChI is InChI=1S/C11H14N2O6.ClH/c12-5-11(15)19-7-9(14)6-18-10-3-1-8(2-4-10)13(16)17;/h1-4,9,14H,5-7,12H2;1H. The summed E-state index contributed by atoms with van der Waals surface area (Å²) in [6.07, 6.45) is -0.995. The molecular formula is C11H15ClN2O6. The van der Waals surface area contributed by atoms with Crippen LogP contribution in [0.4, 0.5) is 5.69 Å². The van der Waals surface area contributed by atoms with Crippen LogP contribution >= 0.6 is 12.4 Å². The van der Waals surface area contributed by atoms with Crippen LogP contribution in [0.1, 0.15) is 0 Å². The summed E-state index contributed by atoms with van der Waals surface area (Å²) in [5, 5.41) is 19.9. The summed E-state index contributed by atoms with van der Waals surface area (Å²) in [5.41, 5.74) is 4.97. The average Bonchev–Trinajstić information content (AvgIpc) is 2.42. The predicted molar refractivity (Wildman–Crippen MR) is 71.9 cm³/mol. The summed E-state index contributed by atoms with van der Waals surface area (Å²) >= 11 is 0. The van der Waals surface area contributed by atoms with Crippen LogP contribution in [0, 0.1) is 10.1 Å². The minimum Gasteiger partial charge on any atom is -0.491 e. The van der Waals surface area contributed by atoms with Crippen LogP contribution in [0.25, 0.3) is 0 Å². The second-order valence-corrected chi connectivity index (χ2v) is 3.60. The van der Waals surface area contributed by atoms with E-state index in [1.807, 2.05) is 0 Å². The van der Waals surface area contributed by atoms with Crippen LogP contribution < -0.4 is 10.5 Å². The minimum atomic E-state index is -0.995. The Bertz CT molecular complexity index is 439. The highest BCUT2D eigenvalue weighted by Gasteiger charge is 2.09. The van der Waals surface area contributed by atoms with E-state index >= 15 is 0 Å². The van der Waals surface area contributed by atoms with Gasteiger partial charge in [0, 0.05) is 12.1 Å². The van der Waals surface area contributed by atoms with Crippen molar-refractivity contribution in [2.24, 2.45) is 5.73 Å². The van der Waals surface area contributed by atoms with Crippen LogP contribution in [0.5, 0.6) is 5.75 Å². The smallest absolute Gasteiger partial charge is 0.319 e. The highest BCUT2D eigenvalue weighted by atomic mass is 35.5. The number of nitrogens with two attached hydrogens (primary N) is 1. The number of halogens is 1. The molecule has 0 aromatic heterocycles. The van der Waals surface area contributed by atoms with Gasteiger partial charge in [0.15, 0.2) is 0 Å². The Balaban J connectivity index is 0.00000361. The first-order valence-corrected chi connectivity index (χ1v) is 5.44. The summed E-state index contributed by atoms with van der Waals surface area (Å²) in [7, 11) is 0. The molecule has 9 heteroatoms. The lowest BCUT2D eigenvalue weighted by Crippen LogP contribution is -2.27. The van der Waals surface area contributed by atoms with Crippen molar-refractivity contribution in [3.05, 3.63) is 34.4 Å². The lowest BCUT2D eigenvalue weighted by Gasteiger charge is -2.12. The summed E-state index contributed by atoms with van der Waals surface area (Å²) in [4.78, 5) is 20.6. The van der Waals surface area contributed by atoms with Gasteiger partial charge in [0.05, 0.1) is 11.5 Å². The first-order chi connectivity index (χ1) is 9.02. The molecule has 1 aromatic rings. The zero-order chi connectivity index (χ0) is 14.3. The van der Waals surface area contributed by atoms with Crippen molar-refractivity contribution in [1.82, 2.24) is 0 Å². The van der Waals surface area contributed by atoms with Crippen LogP contribution in [0.2, 0.25) is 0 Å². The number of rotatable bonds is 7. The number of ether oxygens (including phenoxy) is 2. The first kappa shape index (κ1) is 18.1.